The third-order valence-electron chi connectivity index (χ3n) is 3.00. The van der Waals surface area contributed by atoms with Crippen LogP contribution in [0.4, 0.5) is 5.69 Å². The lowest BCUT2D eigenvalue weighted by Gasteiger charge is -2.23. The van der Waals surface area contributed by atoms with Crippen molar-refractivity contribution >= 4 is 21.6 Å². The van der Waals surface area contributed by atoms with Gasteiger partial charge in [0.15, 0.2) is 0 Å². The molecule has 1 heterocycles. The van der Waals surface area contributed by atoms with Crippen LogP contribution in [0.1, 0.15) is 31.9 Å². The summed E-state index contributed by atoms with van der Waals surface area (Å²) in [5, 5.41) is 0. The summed E-state index contributed by atoms with van der Waals surface area (Å²) < 4.78 is 6.76. The Bertz CT molecular complexity index is 633. The Balaban J connectivity index is 2.43. The van der Waals surface area contributed by atoms with Crippen molar-refractivity contribution in [3.8, 4) is 11.6 Å². The van der Waals surface area contributed by atoms with E-state index in [-0.39, 0.29) is 5.41 Å². The first kappa shape index (κ1) is 14.9. The Hall–Kier alpha value is -1.55. The lowest BCUT2D eigenvalue weighted by Crippen LogP contribution is -2.13. The maximum absolute atomic E-state index is 5.94. The average molecular weight is 335 g/mol. The molecule has 0 radical (unpaired) electrons. The normalized spacial score (nSPS) is 11.4. The molecule has 0 saturated heterocycles. The molecule has 0 unspecified atom stereocenters. The third-order valence-corrected chi connectivity index (χ3v) is 3.43. The summed E-state index contributed by atoms with van der Waals surface area (Å²) >= 11 is 3.34. The summed E-state index contributed by atoms with van der Waals surface area (Å²) in [6, 6.07) is 7.93. The molecule has 0 aliphatic heterocycles. The zero-order chi connectivity index (χ0) is 14.9. The molecule has 0 bridgehead atoms. The van der Waals surface area contributed by atoms with E-state index >= 15 is 0 Å². The fraction of sp³-hybridized carbons (Fsp3) is 0.312. The number of pyridine rings is 1. The number of hydrogen-bond acceptors (Lipinski definition) is 3. The highest BCUT2D eigenvalue weighted by Crippen LogP contribution is 2.36. The average Bonchev–Trinajstić information content (AvgIpc) is 2.33. The number of ether oxygens (including phenoxy) is 1. The number of rotatable bonds is 2. The van der Waals surface area contributed by atoms with Crippen LogP contribution in [0, 0.1) is 6.92 Å². The van der Waals surface area contributed by atoms with Gasteiger partial charge in [-0.1, -0.05) is 38.5 Å². The number of aromatic nitrogens is 1. The summed E-state index contributed by atoms with van der Waals surface area (Å²) in [4.78, 5) is 4.22. The second kappa shape index (κ2) is 5.44. The first-order valence-electron chi connectivity index (χ1n) is 6.47. The summed E-state index contributed by atoms with van der Waals surface area (Å²) in [5.41, 5.74) is 8.79. The lowest BCUT2D eigenvalue weighted by molar-refractivity contribution is 0.441. The molecule has 0 atom stereocenters. The monoisotopic (exact) mass is 334 g/mol. The standard InChI is InChI=1S/C16H19BrN2O/c1-10-5-6-14(12(7-10)16(2,3)4)20-15-13(18)8-11(17)9-19-15/h5-9H,18H2,1-4H3. The second-order valence-corrected chi connectivity index (χ2v) is 6.82. The van der Waals surface area contributed by atoms with Crippen LogP contribution in [0.3, 0.4) is 0 Å². The number of nitrogens with zero attached hydrogens (tertiary/aromatic N) is 1. The van der Waals surface area contributed by atoms with Gasteiger partial charge in [-0.15, -0.1) is 0 Å². The van der Waals surface area contributed by atoms with Gasteiger partial charge in [0.2, 0.25) is 5.88 Å². The van der Waals surface area contributed by atoms with Gasteiger partial charge in [0, 0.05) is 16.2 Å². The predicted molar refractivity (Wildman–Crippen MR) is 86.3 cm³/mol. The number of aryl methyl sites for hydroxylation is 1. The molecule has 106 valence electrons. The maximum atomic E-state index is 5.94. The molecule has 20 heavy (non-hydrogen) atoms. The molecule has 0 fully saturated rings. The number of anilines is 1. The van der Waals surface area contributed by atoms with Crippen LogP contribution >= 0.6 is 15.9 Å². The van der Waals surface area contributed by atoms with Gasteiger partial charge in [-0.25, -0.2) is 4.98 Å². The van der Waals surface area contributed by atoms with E-state index in [0.717, 1.165) is 15.8 Å². The Labute approximate surface area is 128 Å². The van der Waals surface area contributed by atoms with Gasteiger partial charge in [0.1, 0.15) is 5.75 Å². The zero-order valence-corrected chi connectivity index (χ0v) is 13.8. The molecule has 0 amide bonds. The first-order valence-corrected chi connectivity index (χ1v) is 7.26. The minimum absolute atomic E-state index is 0.00845. The SMILES string of the molecule is Cc1ccc(Oc2ncc(Br)cc2N)c(C(C)(C)C)c1. The Morgan fingerprint density at radius 2 is 1.90 bits per heavy atom. The number of hydrogen-bond donors (Lipinski definition) is 1. The van der Waals surface area contributed by atoms with Gasteiger partial charge >= 0.3 is 0 Å². The van der Waals surface area contributed by atoms with E-state index in [2.05, 4.69) is 54.7 Å². The smallest absolute Gasteiger partial charge is 0.242 e. The second-order valence-electron chi connectivity index (χ2n) is 5.90. The van der Waals surface area contributed by atoms with Crippen LogP contribution < -0.4 is 10.5 Å². The molecule has 1 aromatic carbocycles. The molecule has 0 saturated carbocycles. The summed E-state index contributed by atoms with van der Waals surface area (Å²) in [6.45, 7) is 8.55. The van der Waals surface area contributed by atoms with Crippen LogP contribution in [-0.4, -0.2) is 4.98 Å². The third kappa shape index (κ3) is 3.31. The highest BCUT2D eigenvalue weighted by Gasteiger charge is 2.20. The van der Waals surface area contributed by atoms with Gasteiger partial charge < -0.3 is 10.5 Å². The van der Waals surface area contributed by atoms with Crippen molar-refractivity contribution in [1.29, 1.82) is 0 Å². The van der Waals surface area contributed by atoms with Gasteiger partial charge in [-0.05, 0) is 40.4 Å². The van der Waals surface area contributed by atoms with Crippen LogP contribution in [0.25, 0.3) is 0 Å². The predicted octanol–water partition coefficient (Wildman–Crippen LogP) is 4.82. The van der Waals surface area contributed by atoms with E-state index < -0.39 is 0 Å². The van der Waals surface area contributed by atoms with Crippen LogP contribution in [0.15, 0.2) is 34.9 Å². The van der Waals surface area contributed by atoms with Crippen LogP contribution in [0.2, 0.25) is 0 Å². The Morgan fingerprint density at radius 3 is 2.50 bits per heavy atom. The zero-order valence-electron chi connectivity index (χ0n) is 12.2. The van der Waals surface area contributed by atoms with E-state index in [4.69, 9.17) is 10.5 Å². The van der Waals surface area contributed by atoms with Gasteiger partial charge in [0.05, 0.1) is 5.69 Å². The highest BCUT2D eigenvalue weighted by molar-refractivity contribution is 9.10. The van der Waals surface area contributed by atoms with E-state index in [0.29, 0.717) is 11.6 Å². The van der Waals surface area contributed by atoms with Crippen molar-refractivity contribution in [2.75, 3.05) is 5.73 Å². The molecular weight excluding hydrogens is 316 g/mol. The van der Waals surface area contributed by atoms with E-state index in [1.54, 1.807) is 12.3 Å². The number of nitrogens with two attached hydrogens (primary N) is 1. The van der Waals surface area contributed by atoms with Gasteiger partial charge in [0.25, 0.3) is 0 Å². The lowest BCUT2D eigenvalue weighted by atomic mass is 9.85. The largest absolute Gasteiger partial charge is 0.437 e. The fourth-order valence-electron chi connectivity index (χ4n) is 1.95. The minimum atomic E-state index is -0.00845. The van der Waals surface area contributed by atoms with Crippen molar-refractivity contribution in [2.24, 2.45) is 0 Å². The topological polar surface area (TPSA) is 48.1 Å². The van der Waals surface area contributed by atoms with E-state index in [9.17, 15) is 0 Å². The Kier molecular flexibility index (Phi) is 4.04. The molecule has 2 N–H and O–H groups in total. The van der Waals surface area contributed by atoms with Crippen molar-refractivity contribution in [3.05, 3.63) is 46.1 Å². The van der Waals surface area contributed by atoms with Crippen LogP contribution in [-0.2, 0) is 5.41 Å². The van der Waals surface area contributed by atoms with E-state index in [1.165, 1.54) is 5.56 Å². The maximum Gasteiger partial charge on any atom is 0.242 e. The fourth-order valence-corrected chi connectivity index (χ4v) is 2.30. The molecule has 2 rings (SSSR count). The first-order chi connectivity index (χ1) is 9.27. The molecule has 3 nitrogen and oxygen atoms in total. The minimum Gasteiger partial charge on any atom is -0.437 e. The number of nitrogen functional groups attached to an aromatic ring is 1. The van der Waals surface area contributed by atoms with Crippen LogP contribution in [0.5, 0.6) is 11.6 Å². The molecular formula is C16H19BrN2O. The molecule has 0 aliphatic rings. The number of halogens is 1. The van der Waals surface area contributed by atoms with Crippen molar-refractivity contribution in [3.63, 3.8) is 0 Å². The van der Waals surface area contributed by atoms with Crippen molar-refractivity contribution in [1.82, 2.24) is 4.98 Å². The van der Waals surface area contributed by atoms with E-state index in [1.807, 2.05) is 12.1 Å². The molecule has 0 aliphatic carbocycles. The number of benzene rings is 1. The quantitative estimate of drug-likeness (QED) is 0.855. The molecule has 0 spiro atoms. The molecule has 1 aromatic heterocycles. The highest BCUT2D eigenvalue weighted by atomic mass is 79.9. The molecule has 2 aromatic rings. The van der Waals surface area contributed by atoms with Gasteiger partial charge in [-0.2, -0.15) is 0 Å². The summed E-state index contributed by atoms with van der Waals surface area (Å²) in [6.07, 6.45) is 1.68. The van der Waals surface area contributed by atoms with Crippen molar-refractivity contribution in [2.45, 2.75) is 33.1 Å². The van der Waals surface area contributed by atoms with Gasteiger partial charge in [-0.3, -0.25) is 0 Å². The summed E-state index contributed by atoms with van der Waals surface area (Å²) in [7, 11) is 0. The van der Waals surface area contributed by atoms with Crippen molar-refractivity contribution < 1.29 is 4.74 Å². The summed E-state index contributed by atoms with van der Waals surface area (Å²) in [5.74, 6) is 1.23. The molecule has 4 heteroatoms. The Morgan fingerprint density at radius 1 is 1.20 bits per heavy atom.